The summed E-state index contributed by atoms with van der Waals surface area (Å²) in [4.78, 5) is 34.7. The van der Waals surface area contributed by atoms with Crippen molar-refractivity contribution >= 4 is 48.1 Å². The number of thiol groups is 1. The molecule has 0 aromatic rings. The van der Waals surface area contributed by atoms with Crippen molar-refractivity contribution in [1.29, 1.82) is 5.41 Å². The second-order valence-electron chi connectivity index (χ2n) is 8.05. The van der Waals surface area contributed by atoms with E-state index in [0.717, 1.165) is 31.4 Å². The van der Waals surface area contributed by atoms with E-state index >= 15 is 0 Å². The van der Waals surface area contributed by atoms with Crippen LogP contribution < -0.4 is 21.3 Å². The molecule has 176 valence electrons. The third-order valence-electron chi connectivity index (χ3n) is 5.55. The maximum Gasteiger partial charge on any atom is 0.326 e. The number of aliphatic carboxylic acids is 1. The molecule has 0 aliphatic carbocycles. The number of rotatable bonds is 15. The molecular formula is C20H35N5O4S2. The first-order chi connectivity index (χ1) is 14.9. The Kier molecular flexibility index (Phi) is 11.3. The lowest BCUT2D eigenvalue weighted by Gasteiger charge is -2.16. The Hall–Kier alpha value is -1.62. The van der Waals surface area contributed by atoms with Gasteiger partial charge in [0.2, 0.25) is 5.91 Å². The maximum absolute atomic E-state index is 12.0. The molecule has 0 bridgehead atoms. The topological polar surface area (TPSA) is 143 Å². The number of carboxylic acids is 1. The Labute approximate surface area is 193 Å². The van der Waals surface area contributed by atoms with E-state index in [1.165, 1.54) is 0 Å². The highest BCUT2D eigenvalue weighted by molar-refractivity contribution is 8.00. The van der Waals surface area contributed by atoms with Gasteiger partial charge in [0.15, 0.2) is 0 Å². The number of unbranched alkanes of at least 4 members (excludes halogenated alkanes) is 2. The molecule has 4 unspecified atom stereocenters. The van der Waals surface area contributed by atoms with E-state index in [1.807, 2.05) is 11.8 Å². The molecule has 0 aromatic carbocycles. The van der Waals surface area contributed by atoms with Crippen LogP contribution in [-0.4, -0.2) is 70.3 Å². The highest BCUT2D eigenvalue weighted by atomic mass is 32.2. The molecule has 2 aliphatic rings. The summed E-state index contributed by atoms with van der Waals surface area (Å²) >= 11 is 5.98. The van der Waals surface area contributed by atoms with Gasteiger partial charge in [-0.15, -0.1) is 0 Å². The van der Waals surface area contributed by atoms with Crippen LogP contribution in [-0.2, 0) is 9.59 Å². The van der Waals surface area contributed by atoms with Gasteiger partial charge in [0.25, 0.3) is 0 Å². The van der Waals surface area contributed by atoms with Gasteiger partial charge in [-0.2, -0.15) is 24.4 Å². The number of carboxylic acid groups (broad SMARTS) is 1. The number of thioether (sulfide) groups is 1. The van der Waals surface area contributed by atoms with Gasteiger partial charge in [-0.25, -0.2) is 9.59 Å². The van der Waals surface area contributed by atoms with E-state index < -0.39 is 12.0 Å². The number of nitrogens with one attached hydrogen (secondary N) is 5. The van der Waals surface area contributed by atoms with E-state index in [4.69, 9.17) is 5.41 Å². The van der Waals surface area contributed by atoms with Gasteiger partial charge in [-0.3, -0.25) is 10.2 Å². The van der Waals surface area contributed by atoms with Crippen molar-refractivity contribution in [2.75, 3.05) is 18.1 Å². The van der Waals surface area contributed by atoms with Crippen LogP contribution in [0.1, 0.15) is 57.8 Å². The molecule has 4 atom stereocenters. The molecule has 0 radical (unpaired) electrons. The number of fused-ring (bicyclic) bond motifs is 1. The predicted molar refractivity (Wildman–Crippen MR) is 126 cm³/mol. The Morgan fingerprint density at radius 3 is 2.74 bits per heavy atom. The molecule has 3 amide bonds. The van der Waals surface area contributed by atoms with Crippen LogP contribution in [0, 0.1) is 5.41 Å². The summed E-state index contributed by atoms with van der Waals surface area (Å²) in [6.45, 7) is 0.530. The largest absolute Gasteiger partial charge is 0.480 e. The molecule has 2 fully saturated rings. The fourth-order valence-corrected chi connectivity index (χ4v) is 5.56. The first kappa shape index (κ1) is 25.6. The van der Waals surface area contributed by atoms with E-state index in [-0.39, 0.29) is 29.9 Å². The van der Waals surface area contributed by atoms with Crippen molar-refractivity contribution < 1.29 is 19.5 Å². The lowest BCUT2D eigenvalue weighted by molar-refractivity contribution is -0.139. The second-order valence-corrected chi connectivity index (χ2v) is 9.77. The second kappa shape index (κ2) is 13.7. The van der Waals surface area contributed by atoms with Crippen LogP contribution in [0.15, 0.2) is 0 Å². The van der Waals surface area contributed by atoms with E-state index in [0.29, 0.717) is 49.7 Å². The fourth-order valence-electron chi connectivity index (χ4n) is 3.86. The van der Waals surface area contributed by atoms with Crippen LogP contribution in [0.25, 0.3) is 0 Å². The summed E-state index contributed by atoms with van der Waals surface area (Å²) in [6.07, 6.45) is 6.26. The van der Waals surface area contributed by atoms with Crippen LogP contribution >= 0.6 is 24.4 Å². The summed E-state index contributed by atoms with van der Waals surface area (Å²) in [5, 5.41) is 29.1. The monoisotopic (exact) mass is 473 g/mol. The van der Waals surface area contributed by atoms with Crippen molar-refractivity contribution in [3.63, 3.8) is 0 Å². The van der Waals surface area contributed by atoms with Gasteiger partial charge in [0.1, 0.15) is 6.04 Å². The van der Waals surface area contributed by atoms with Gasteiger partial charge in [0.05, 0.1) is 17.9 Å². The number of amides is 3. The molecule has 0 aromatic heterocycles. The number of hydrogen-bond acceptors (Lipinski definition) is 6. The minimum atomic E-state index is -0.959. The number of carbonyl (C=O) groups is 3. The minimum absolute atomic E-state index is 0.0224. The first-order valence-electron chi connectivity index (χ1n) is 11.0. The van der Waals surface area contributed by atoms with Gasteiger partial charge < -0.3 is 26.4 Å². The van der Waals surface area contributed by atoms with Crippen molar-refractivity contribution in [1.82, 2.24) is 21.3 Å². The Morgan fingerprint density at radius 2 is 2.00 bits per heavy atom. The van der Waals surface area contributed by atoms with Crippen molar-refractivity contribution in [3.8, 4) is 0 Å². The molecule has 2 rings (SSSR count). The standard InChI is InChI=1S/C20H35N5O4S2/c21-16(8-5-11-30)23-13(19(27)28)6-3-4-10-22-17(26)9-2-1-7-15-18-14(12-31-15)24-20(29)25-18/h13-15,18,30H,1-12H2,(H2,21,23)(H,22,26)(H,27,28)(H2,24,25,29). The summed E-state index contributed by atoms with van der Waals surface area (Å²) in [6, 6.07) is -0.393. The number of hydrogen-bond donors (Lipinski definition) is 7. The zero-order valence-electron chi connectivity index (χ0n) is 17.8. The molecule has 11 heteroatoms. The van der Waals surface area contributed by atoms with Crippen LogP contribution in [0.4, 0.5) is 4.79 Å². The number of amidine groups is 1. The zero-order valence-corrected chi connectivity index (χ0v) is 19.5. The van der Waals surface area contributed by atoms with E-state index in [2.05, 4.69) is 33.9 Å². The maximum atomic E-state index is 12.0. The van der Waals surface area contributed by atoms with E-state index in [9.17, 15) is 19.5 Å². The first-order valence-corrected chi connectivity index (χ1v) is 12.7. The highest BCUT2D eigenvalue weighted by Crippen LogP contribution is 2.33. The van der Waals surface area contributed by atoms with Crippen LogP contribution in [0.2, 0.25) is 0 Å². The summed E-state index contributed by atoms with van der Waals surface area (Å²) in [7, 11) is 0. The quantitative estimate of drug-likeness (QED) is 0.0634. The third-order valence-corrected chi connectivity index (χ3v) is 7.38. The molecule has 2 saturated heterocycles. The average Bonchev–Trinajstić information content (AvgIpc) is 3.27. The molecule has 2 heterocycles. The lowest BCUT2D eigenvalue weighted by Crippen LogP contribution is -2.40. The average molecular weight is 474 g/mol. The highest BCUT2D eigenvalue weighted by Gasteiger charge is 2.42. The SMILES string of the molecule is N=C(CCCS)NC(CCCCNC(=O)CCCCC1SCC2NC(=O)NC21)C(=O)O. The third kappa shape index (κ3) is 9.18. The molecular weight excluding hydrogens is 438 g/mol. The van der Waals surface area contributed by atoms with Crippen LogP contribution in [0.5, 0.6) is 0 Å². The smallest absolute Gasteiger partial charge is 0.326 e. The fraction of sp³-hybridized carbons (Fsp3) is 0.800. The molecule has 31 heavy (non-hydrogen) atoms. The van der Waals surface area contributed by atoms with Crippen molar-refractivity contribution in [3.05, 3.63) is 0 Å². The molecule has 6 N–H and O–H groups in total. The normalized spacial score (nSPS) is 22.9. The summed E-state index contributed by atoms with van der Waals surface area (Å²) in [5.41, 5.74) is 0. The van der Waals surface area contributed by atoms with Gasteiger partial charge >= 0.3 is 12.0 Å². The van der Waals surface area contributed by atoms with Gasteiger partial charge in [0, 0.05) is 30.4 Å². The molecule has 0 spiro atoms. The summed E-state index contributed by atoms with van der Waals surface area (Å²) in [5.74, 6) is 0.905. The zero-order chi connectivity index (χ0) is 22.6. The minimum Gasteiger partial charge on any atom is -0.480 e. The van der Waals surface area contributed by atoms with Crippen LogP contribution in [0.3, 0.4) is 0 Å². The Balaban J connectivity index is 1.49. The molecule has 2 aliphatic heterocycles. The van der Waals surface area contributed by atoms with E-state index in [1.54, 1.807) is 0 Å². The Bertz CT molecular complexity index is 637. The van der Waals surface area contributed by atoms with Crippen molar-refractivity contribution in [2.45, 2.75) is 81.2 Å². The van der Waals surface area contributed by atoms with Crippen molar-refractivity contribution in [2.24, 2.45) is 0 Å². The molecule has 0 saturated carbocycles. The number of urea groups is 1. The predicted octanol–water partition coefficient (Wildman–Crippen LogP) is 1.73. The molecule has 9 nitrogen and oxygen atoms in total. The summed E-state index contributed by atoms with van der Waals surface area (Å²) < 4.78 is 0. The Morgan fingerprint density at radius 1 is 1.19 bits per heavy atom. The van der Waals surface area contributed by atoms with Gasteiger partial charge in [-0.1, -0.05) is 6.42 Å². The van der Waals surface area contributed by atoms with Gasteiger partial charge in [-0.05, 0) is 44.3 Å². The number of carbonyl (C=O) groups excluding carboxylic acids is 2. The lowest BCUT2D eigenvalue weighted by atomic mass is 10.0.